The molecule has 0 saturated carbocycles. The van der Waals surface area contributed by atoms with Crippen molar-refractivity contribution in [3.8, 4) is 0 Å². The lowest BCUT2D eigenvalue weighted by atomic mass is 10.1. The second-order valence-electron chi connectivity index (χ2n) is 3.02. The van der Waals surface area contributed by atoms with Gasteiger partial charge in [0.05, 0.1) is 5.56 Å². The number of alkyl halides is 3. The highest BCUT2D eigenvalue weighted by Crippen LogP contribution is 2.33. The van der Waals surface area contributed by atoms with Crippen molar-refractivity contribution in [2.45, 2.75) is 13.1 Å². The molecule has 0 aliphatic carbocycles. The summed E-state index contributed by atoms with van der Waals surface area (Å²) in [5.41, 5.74) is -2.14. The molecule has 80 valence electrons. The number of aryl methyl sites for hydroxylation is 1. The summed E-state index contributed by atoms with van der Waals surface area (Å²) in [6, 6.07) is 0.813. The Morgan fingerprint density at radius 1 is 1.47 bits per heavy atom. The summed E-state index contributed by atoms with van der Waals surface area (Å²) in [5.74, 6) is 0. The fourth-order valence-electron chi connectivity index (χ4n) is 1.31. The maximum atomic E-state index is 12.5. The summed E-state index contributed by atoms with van der Waals surface area (Å²) >= 11 is 0. The van der Waals surface area contributed by atoms with Crippen molar-refractivity contribution in [1.29, 1.82) is 0 Å². The topological polar surface area (TPSA) is 58.9 Å². The number of aromatic nitrogens is 2. The lowest BCUT2D eigenvalue weighted by molar-refractivity contribution is -0.136. The molecule has 0 amide bonds. The molecule has 0 aliphatic heterocycles. The van der Waals surface area contributed by atoms with Crippen molar-refractivity contribution < 1.29 is 17.7 Å². The molecule has 0 fully saturated rings. The van der Waals surface area contributed by atoms with E-state index in [-0.39, 0.29) is 11.4 Å². The molecule has 0 spiro atoms. The fraction of sp³-hybridized carbons (Fsp3) is 0.250. The SMILES string of the molecule is Cc1cc(C(F)(F)F)c2c(=O)[nH]oc2n1. The molecule has 2 rings (SSSR count). The molecule has 7 heteroatoms. The Bertz CT molecular complexity index is 567. The van der Waals surface area contributed by atoms with Gasteiger partial charge in [-0.2, -0.15) is 18.3 Å². The largest absolute Gasteiger partial charge is 0.417 e. The van der Waals surface area contributed by atoms with Crippen LogP contribution in [-0.2, 0) is 6.18 Å². The number of H-pyrrole nitrogens is 1. The Hall–Kier alpha value is -1.79. The highest BCUT2D eigenvalue weighted by molar-refractivity contribution is 5.77. The predicted octanol–water partition coefficient (Wildman–Crippen LogP) is 1.84. The second kappa shape index (κ2) is 2.85. The Balaban J connectivity index is 2.93. The van der Waals surface area contributed by atoms with Crippen LogP contribution in [0.3, 0.4) is 0 Å². The summed E-state index contributed by atoms with van der Waals surface area (Å²) in [5, 5.41) is 1.26. The number of nitrogens with one attached hydrogen (secondary N) is 1. The first kappa shape index (κ1) is 9.75. The van der Waals surface area contributed by atoms with Gasteiger partial charge in [-0.3, -0.25) is 4.79 Å². The monoisotopic (exact) mass is 218 g/mol. The third-order valence-corrected chi connectivity index (χ3v) is 1.89. The zero-order valence-electron chi connectivity index (χ0n) is 7.47. The van der Waals surface area contributed by atoms with Gasteiger partial charge in [0.25, 0.3) is 11.3 Å². The van der Waals surface area contributed by atoms with Crippen LogP contribution in [0.25, 0.3) is 11.1 Å². The lowest BCUT2D eigenvalue weighted by Crippen LogP contribution is -2.11. The fourth-order valence-corrected chi connectivity index (χ4v) is 1.31. The van der Waals surface area contributed by atoms with Gasteiger partial charge in [0.2, 0.25) is 0 Å². The summed E-state index contributed by atoms with van der Waals surface area (Å²) in [6.45, 7) is 1.39. The van der Waals surface area contributed by atoms with Crippen LogP contribution in [0.15, 0.2) is 15.4 Å². The first-order chi connectivity index (χ1) is 6.89. The van der Waals surface area contributed by atoms with Crippen LogP contribution in [0, 0.1) is 6.92 Å². The zero-order valence-corrected chi connectivity index (χ0v) is 7.47. The third-order valence-electron chi connectivity index (χ3n) is 1.89. The van der Waals surface area contributed by atoms with Crippen molar-refractivity contribution in [2.75, 3.05) is 0 Å². The van der Waals surface area contributed by atoms with Crippen LogP contribution in [0.4, 0.5) is 13.2 Å². The predicted molar refractivity (Wildman–Crippen MR) is 44.4 cm³/mol. The van der Waals surface area contributed by atoms with E-state index in [0.717, 1.165) is 6.07 Å². The minimum Gasteiger partial charge on any atom is -0.358 e. The molecule has 0 saturated heterocycles. The van der Waals surface area contributed by atoms with Crippen molar-refractivity contribution in [3.05, 3.63) is 27.7 Å². The molecule has 0 aliphatic rings. The minimum absolute atomic E-state index is 0.137. The molecule has 2 heterocycles. The van der Waals surface area contributed by atoms with Gasteiger partial charge in [-0.15, -0.1) is 0 Å². The average molecular weight is 218 g/mol. The van der Waals surface area contributed by atoms with E-state index in [2.05, 4.69) is 9.51 Å². The molecule has 1 N–H and O–H groups in total. The second-order valence-corrected chi connectivity index (χ2v) is 3.02. The number of aromatic amines is 1. The summed E-state index contributed by atoms with van der Waals surface area (Å²) in [6.07, 6.45) is -4.59. The van der Waals surface area contributed by atoms with Gasteiger partial charge in [-0.1, -0.05) is 0 Å². The van der Waals surface area contributed by atoms with E-state index in [1.165, 1.54) is 6.92 Å². The van der Waals surface area contributed by atoms with Crippen LogP contribution in [0.2, 0.25) is 0 Å². The molecule has 2 aromatic rings. The normalized spacial score (nSPS) is 12.3. The molecule has 15 heavy (non-hydrogen) atoms. The van der Waals surface area contributed by atoms with Gasteiger partial charge in [0.15, 0.2) is 0 Å². The van der Waals surface area contributed by atoms with E-state index in [4.69, 9.17) is 0 Å². The Morgan fingerprint density at radius 2 is 2.13 bits per heavy atom. The smallest absolute Gasteiger partial charge is 0.358 e. The molecule has 0 atom stereocenters. The average Bonchev–Trinajstić information content (AvgIpc) is 2.44. The molecule has 4 nitrogen and oxygen atoms in total. The van der Waals surface area contributed by atoms with Crippen molar-refractivity contribution in [1.82, 2.24) is 10.1 Å². The van der Waals surface area contributed by atoms with Crippen molar-refractivity contribution >= 4 is 11.1 Å². The third kappa shape index (κ3) is 1.49. The van der Waals surface area contributed by atoms with E-state index in [0.29, 0.717) is 0 Å². The first-order valence-corrected chi connectivity index (χ1v) is 3.95. The highest BCUT2D eigenvalue weighted by atomic mass is 19.4. The quantitative estimate of drug-likeness (QED) is 0.733. The van der Waals surface area contributed by atoms with Gasteiger partial charge in [-0.05, 0) is 13.0 Å². The van der Waals surface area contributed by atoms with Crippen LogP contribution >= 0.6 is 0 Å². The van der Waals surface area contributed by atoms with Gasteiger partial charge >= 0.3 is 6.18 Å². The number of fused-ring (bicyclic) bond motifs is 1. The summed E-state index contributed by atoms with van der Waals surface area (Å²) in [4.78, 5) is 14.7. The van der Waals surface area contributed by atoms with Crippen LogP contribution in [-0.4, -0.2) is 10.1 Å². The first-order valence-electron chi connectivity index (χ1n) is 3.95. The van der Waals surface area contributed by atoms with Crippen molar-refractivity contribution in [2.24, 2.45) is 0 Å². The maximum absolute atomic E-state index is 12.5. The number of hydrogen-bond acceptors (Lipinski definition) is 3. The number of halogens is 3. The molecule has 0 unspecified atom stereocenters. The molecular formula is C8H5F3N2O2. The van der Waals surface area contributed by atoms with Gasteiger partial charge in [-0.25, -0.2) is 4.98 Å². The van der Waals surface area contributed by atoms with E-state index in [9.17, 15) is 18.0 Å². The van der Waals surface area contributed by atoms with E-state index in [1.54, 1.807) is 0 Å². The summed E-state index contributed by atoms with van der Waals surface area (Å²) in [7, 11) is 0. The Labute approximate surface area is 80.7 Å². The zero-order chi connectivity index (χ0) is 11.2. The van der Waals surface area contributed by atoms with Gasteiger partial charge in [0, 0.05) is 5.69 Å². The molecule has 0 bridgehead atoms. The summed E-state index contributed by atoms with van der Waals surface area (Å²) < 4.78 is 42.1. The standard InChI is InChI=1S/C8H5F3N2O2/c1-3-2-4(8(9,10)11)5-6(14)13-15-7(5)12-3/h2H,1H3,(H,13,14). The highest BCUT2D eigenvalue weighted by Gasteiger charge is 2.35. The van der Waals surface area contributed by atoms with Gasteiger partial charge in [0.1, 0.15) is 5.39 Å². The van der Waals surface area contributed by atoms with Crippen LogP contribution < -0.4 is 5.56 Å². The van der Waals surface area contributed by atoms with E-state index in [1.807, 2.05) is 5.16 Å². The minimum atomic E-state index is -4.59. The van der Waals surface area contributed by atoms with E-state index < -0.39 is 22.7 Å². The molecule has 2 aromatic heterocycles. The number of rotatable bonds is 0. The lowest BCUT2D eigenvalue weighted by Gasteiger charge is -2.06. The number of pyridine rings is 1. The van der Waals surface area contributed by atoms with Gasteiger partial charge < -0.3 is 4.52 Å². The van der Waals surface area contributed by atoms with Crippen molar-refractivity contribution in [3.63, 3.8) is 0 Å². The van der Waals surface area contributed by atoms with Crippen LogP contribution in [0.1, 0.15) is 11.3 Å². The maximum Gasteiger partial charge on any atom is 0.417 e. The molecular weight excluding hydrogens is 213 g/mol. The molecule has 0 aromatic carbocycles. The van der Waals surface area contributed by atoms with E-state index >= 15 is 0 Å². The Kier molecular flexibility index (Phi) is 1.85. The number of nitrogens with zero attached hydrogens (tertiary/aromatic N) is 1. The number of hydrogen-bond donors (Lipinski definition) is 1. The van der Waals surface area contributed by atoms with Crippen LogP contribution in [0.5, 0.6) is 0 Å². The molecule has 0 radical (unpaired) electrons. The Morgan fingerprint density at radius 3 is 2.73 bits per heavy atom.